The van der Waals surface area contributed by atoms with E-state index in [1.165, 1.54) is 0 Å². The smallest absolute Gasteiger partial charge is 0.225 e. The van der Waals surface area contributed by atoms with Gasteiger partial charge in [0.1, 0.15) is 0 Å². The Morgan fingerprint density at radius 1 is 0.500 bits per heavy atom. The maximum atomic E-state index is 12.6. The van der Waals surface area contributed by atoms with E-state index >= 15 is 0 Å². The van der Waals surface area contributed by atoms with E-state index < -0.39 is 0 Å². The SMILES string of the molecule is CC(C)C(=O)NCCCN(CCCCN(CCCNC(=O)C(C)C)C(=O)C(C)C)C(=O)C(C)C. The van der Waals surface area contributed by atoms with Crippen molar-refractivity contribution < 1.29 is 19.2 Å². The molecule has 0 aliphatic heterocycles. The molecule has 4 amide bonds. The van der Waals surface area contributed by atoms with Gasteiger partial charge in [-0.05, 0) is 25.7 Å². The molecule has 0 atom stereocenters. The highest BCUT2D eigenvalue weighted by Crippen LogP contribution is 2.08. The van der Waals surface area contributed by atoms with Crippen LogP contribution in [0.3, 0.4) is 0 Å². The van der Waals surface area contributed by atoms with Crippen LogP contribution in [0.2, 0.25) is 0 Å². The Hall–Kier alpha value is -2.12. The van der Waals surface area contributed by atoms with E-state index in [0.717, 1.165) is 25.7 Å². The molecule has 8 nitrogen and oxygen atoms in total. The Bertz CT molecular complexity index is 578. The molecule has 0 spiro atoms. The summed E-state index contributed by atoms with van der Waals surface area (Å²) in [6.07, 6.45) is 3.06. The monoisotopic (exact) mass is 482 g/mol. The normalized spacial score (nSPS) is 11.3. The van der Waals surface area contributed by atoms with Crippen LogP contribution in [0.15, 0.2) is 0 Å². The van der Waals surface area contributed by atoms with Crippen LogP contribution in [0, 0.1) is 23.7 Å². The van der Waals surface area contributed by atoms with E-state index in [0.29, 0.717) is 39.3 Å². The van der Waals surface area contributed by atoms with Gasteiger partial charge in [0, 0.05) is 62.9 Å². The van der Waals surface area contributed by atoms with Gasteiger partial charge in [-0.15, -0.1) is 0 Å². The fourth-order valence-electron chi connectivity index (χ4n) is 3.37. The minimum absolute atomic E-state index is 0.0282. The second kappa shape index (κ2) is 17.3. The van der Waals surface area contributed by atoms with E-state index in [9.17, 15) is 19.2 Å². The summed E-state index contributed by atoms with van der Waals surface area (Å²) in [6.45, 7) is 18.7. The van der Waals surface area contributed by atoms with Crippen LogP contribution < -0.4 is 10.6 Å². The van der Waals surface area contributed by atoms with Crippen molar-refractivity contribution >= 4 is 23.6 Å². The van der Waals surface area contributed by atoms with Gasteiger partial charge in [-0.2, -0.15) is 0 Å². The lowest BCUT2D eigenvalue weighted by Crippen LogP contribution is -2.39. The van der Waals surface area contributed by atoms with Gasteiger partial charge >= 0.3 is 0 Å². The molecule has 0 aromatic heterocycles. The van der Waals surface area contributed by atoms with E-state index in [-0.39, 0.29) is 47.3 Å². The van der Waals surface area contributed by atoms with Gasteiger partial charge in [0.2, 0.25) is 23.6 Å². The summed E-state index contributed by atoms with van der Waals surface area (Å²) in [5.41, 5.74) is 0. The molecule has 0 unspecified atom stereocenters. The van der Waals surface area contributed by atoms with Crippen molar-refractivity contribution in [1.29, 1.82) is 0 Å². The lowest BCUT2D eigenvalue weighted by Gasteiger charge is -2.27. The molecule has 198 valence electrons. The summed E-state index contributed by atoms with van der Waals surface area (Å²) >= 11 is 0. The maximum Gasteiger partial charge on any atom is 0.225 e. The Labute approximate surface area is 207 Å². The highest BCUT2D eigenvalue weighted by molar-refractivity contribution is 5.79. The quantitative estimate of drug-likeness (QED) is 0.311. The lowest BCUT2D eigenvalue weighted by atomic mass is 10.1. The number of unbranched alkanes of at least 4 members (excludes halogenated alkanes) is 1. The van der Waals surface area contributed by atoms with Crippen molar-refractivity contribution in [3.63, 3.8) is 0 Å². The number of nitrogens with one attached hydrogen (secondary N) is 2. The molecule has 0 aliphatic carbocycles. The maximum absolute atomic E-state index is 12.6. The summed E-state index contributed by atoms with van der Waals surface area (Å²) in [5.74, 6) is 0.0432. The number of amides is 4. The van der Waals surface area contributed by atoms with Crippen LogP contribution in [0.4, 0.5) is 0 Å². The first kappa shape index (κ1) is 31.9. The second-order valence-corrected chi connectivity index (χ2v) is 10.3. The molecular formula is C26H50N4O4. The van der Waals surface area contributed by atoms with Gasteiger partial charge in [0.15, 0.2) is 0 Å². The molecule has 0 radical (unpaired) electrons. The van der Waals surface area contributed by atoms with Crippen molar-refractivity contribution in [3.05, 3.63) is 0 Å². The Morgan fingerprint density at radius 2 is 0.794 bits per heavy atom. The van der Waals surface area contributed by atoms with Crippen LogP contribution in [-0.2, 0) is 19.2 Å². The van der Waals surface area contributed by atoms with Gasteiger partial charge < -0.3 is 20.4 Å². The largest absolute Gasteiger partial charge is 0.356 e. The first-order valence-electron chi connectivity index (χ1n) is 13.0. The fourth-order valence-corrected chi connectivity index (χ4v) is 3.37. The molecule has 0 aliphatic rings. The third-order valence-electron chi connectivity index (χ3n) is 5.57. The third-order valence-corrected chi connectivity index (χ3v) is 5.57. The van der Waals surface area contributed by atoms with Crippen molar-refractivity contribution in [2.24, 2.45) is 23.7 Å². The molecule has 34 heavy (non-hydrogen) atoms. The Balaban J connectivity index is 4.63. The van der Waals surface area contributed by atoms with Crippen molar-refractivity contribution in [2.45, 2.75) is 81.1 Å². The predicted octanol–water partition coefficient (Wildman–Crippen LogP) is 3.06. The molecule has 0 bridgehead atoms. The van der Waals surface area contributed by atoms with Crippen molar-refractivity contribution in [3.8, 4) is 0 Å². The molecule has 0 heterocycles. The standard InChI is InChI=1S/C26H50N4O4/c1-19(2)23(31)27-13-11-17-29(25(33)21(5)6)15-9-10-16-30(26(34)22(7)8)18-12-14-28-24(32)20(3)4/h19-22H,9-18H2,1-8H3,(H,27,31)(H,28,32). The highest BCUT2D eigenvalue weighted by Gasteiger charge is 2.19. The average molecular weight is 483 g/mol. The van der Waals surface area contributed by atoms with Crippen molar-refractivity contribution in [2.75, 3.05) is 39.3 Å². The van der Waals surface area contributed by atoms with Gasteiger partial charge in [-0.25, -0.2) is 0 Å². The zero-order chi connectivity index (χ0) is 26.3. The van der Waals surface area contributed by atoms with Gasteiger partial charge in [-0.3, -0.25) is 19.2 Å². The zero-order valence-corrected chi connectivity index (χ0v) is 22.9. The molecule has 0 saturated carbocycles. The van der Waals surface area contributed by atoms with Crippen LogP contribution in [-0.4, -0.2) is 72.7 Å². The lowest BCUT2D eigenvalue weighted by molar-refractivity contribution is -0.136. The van der Waals surface area contributed by atoms with E-state index in [4.69, 9.17) is 0 Å². The number of hydrogen-bond acceptors (Lipinski definition) is 4. The first-order chi connectivity index (χ1) is 15.9. The van der Waals surface area contributed by atoms with Crippen LogP contribution in [0.1, 0.15) is 81.1 Å². The number of nitrogens with zero attached hydrogens (tertiary/aromatic N) is 2. The average Bonchev–Trinajstić information content (AvgIpc) is 2.77. The van der Waals surface area contributed by atoms with Crippen LogP contribution in [0.5, 0.6) is 0 Å². The van der Waals surface area contributed by atoms with Gasteiger partial charge in [-0.1, -0.05) is 55.4 Å². The van der Waals surface area contributed by atoms with Gasteiger partial charge in [0.05, 0.1) is 0 Å². The molecule has 2 N–H and O–H groups in total. The molecule has 8 heteroatoms. The second-order valence-electron chi connectivity index (χ2n) is 10.3. The van der Waals surface area contributed by atoms with E-state index in [2.05, 4.69) is 10.6 Å². The summed E-state index contributed by atoms with van der Waals surface area (Å²) in [6, 6.07) is 0. The van der Waals surface area contributed by atoms with Crippen LogP contribution >= 0.6 is 0 Å². The highest BCUT2D eigenvalue weighted by atomic mass is 16.2. The number of carbonyl (C=O) groups excluding carboxylic acids is 4. The van der Waals surface area contributed by atoms with E-state index in [1.807, 2.05) is 65.2 Å². The predicted molar refractivity (Wildman–Crippen MR) is 137 cm³/mol. The van der Waals surface area contributed by atoms with Crippen molar-refractivity contribution in [1.82, 2.24) is 20.4 Å². The minimum atomic E-state index is -0.0784. The molecule has 0 rings (SSSR count). The summed E-state index contributed by atoms with van der Waals surface area (Å²) in [7, 11) is 0. The molecule has 0 aromatic carbocycles. The Kier molecular flexibility index (Phi) is 16.3. The Morgan fingerprint density at radius 3 is 1.06 bits per heavy atom. The molecule has 0 aromatic rings. The van der Waals surface area contributed by atoms with Crippen LogP contribution in [0.25, 0.3) is 0 Å². The molecular weight excluding hydrogens is 432 g/mol. The minimum Gasteiger partial charge on any atom is -0.356 e. The van der Waals surface area contributed by atoms with E-state index in [1.54, 1.807) is 0 Å². The molecule has 0 saturated heterocycles. The number of rotatable bonds is 17. The topological polar surface area (TPSA) is 98.8 Å². The fraction of sp³-hybridized carbons (Fsp3) is 0.846. The van der Waals surface area contributed by atoms with Gasteiger partial charge in [0.25, 0.3) is 0 Å². The molecule has 0 fully saturated rings. The summed E-state index contributed by atoms with van der Waals surface area (Å²) in [4.78, 5) is 52.4. The number of hydrogen-bond donors (Lipinski definition) is 2. The number of carbonyl (C=O) groups is 4. The summed E-state index contributed by atoms with van der Waals surface area (Å²) < 4.78 is 0. The first-order valence-corrected chi connectivity index (χ1v) is 13.0. The summed E-state index contributed by atoms with van der Waals surface area (Å²) in [5, 5.41) is 5.80. The zero-order valence-electron chi connectivity index (χ0n) is 22.9. The third kappa shape index (κ3) is 13.6.